The average molecular weight is 274 g/mol. The second-order valence-corrected chi connectivity index (χ2v) is 6.32. The van der Waals surface area contributed by atoms with E-state index < -0.39 is 0 Å². The Kier molecular flexibility index (Phi) is 3.74. The molecule has 2 aliphatic rings. The van der Waals surface area contributed by atoms with Crippen molar-refractivity contribution >= 4 is 5.69 Å². The Hall–Kier alpha value is -1.06. The minimum Gasteiger partial charge on any atom is -0.399 e. The van der Waals surface area contributed by atoms with Crippen LogP contribution in [0.2, 0.25) is 0 Å². The molecule has 3 nitrogen and oxygen atoms in total. The Morgan fingerprint density at radius 3 is 2.75 bits per heavy atom. The molecule has 3 rings (SSSR count). The monoisotopic (exact) mass is 274 g/mol. The van der Waals surface area contributed by atoms with E-state index in [0.29, 0.717) is 6.04 Å². The minimum absolute atomic E-state index is 0.108. The molecule has 0 bridgehead atoms. The van der Waals surface area contributed by atoms with Crippen LogP contribution >= 0.6 is 0 Å². The van der Waals surface area contributed by atoms with E-state index in [1.54, 1.807) is 0 Å². The predicted molar refractivity (Wildman–Crippen MR) is 82.4 cm³/mol. The molecular formula is C17H26N2O. The number of anilines is 1. The number of fused-ring (bicyclic) bond motifs is 1. The minimum atomic E-state index is 0.108. The maximum Gasteiger partial charge on any atom is 0.0692 e. The second-order valence-electron chi connectivity index (χ2n) is 6.32. The fourth-order valence-corrected chi connectivity index (χ4v) is 3.76. The summed E-state index contributed by atoms with van der Waals surface area (Å²) >= 11 is 0. The van der Waals surface area contributed by atoms with Crippen molar-refractivity contribution in [2.24, 2.45) is 0 Å². The number of rotatable bonds is 3. The van der Waals surface area contributed by atoms with Gasteiger partial charge in [0.05, 0.1) is 5.60 Å². The average Bonchev–Trinajstić information content (AvgIpc) is 2.90. The Balaban J connectivity index is 1.72. The van der Waals surface area contributed by atoms with Gasteiger partial charge < -0.3 is 10.5 Å². The van der Waals surface area contributed by atoms with Crippen LogP contribution in [0.1, 0.15) is 50.7 Å². The molecule has 1 saturated heterocycles. The highest BCUT2D eigenvalue weighted by atomic mass is 16.5. The number of benzene rings is 1. The van der Waals surface area contributed by atoms with E-state index in [2.05, 4.69) is 30.9 Å². The molecule has 0 aliphatic carbocycles. The molecule has 20 heavy (non-hydrogen) atoms. The quantitative estimate of drug-likeness (QED) is 0.859. The van der Waals surface area contributed by atoms with Crippen LogP contribution < -0.4 is 5.73 Å². The van der Waals surface area contributed by atoms with E-state index in [9.17, 15) is 0 Å². The Morgan fingerprint density at radius 2 is 2.00 bits per heavy atom. The van der Waals surface area contributed by atoms with Crippen LogP contribution in [0.5, 0.6) is 0 Å². The smallest absolute Gasteiger partial charge is 0.0692 e. The third-order valence-electron chi connectivity index (χ3n) is 5.25. The van der Waals surface area contributed by atoms with Crippen LogP contribution in [0, 0.1) is 0 Å². The van der Waals surface area contributed by atoms with E-state index in [1.807, 2.05) is 6.07 Å². The molecule has 0 amide bonds. The molecular weight excluding hydrogens is 248 g/mol. The van der Waals surface area contributed by atoms with Crippen molar-refractivity contribution in [2.45, 2.75) is 64.3 Å². The van der Waals surface area contributed by atoms with Gasteiger partial charge in [-0.1, -0.05) is 19.9 Å². The first kappa shape index (κ1) is 13.9. The highest BCUT2D eigenvalue weighted by Crippen LogP contribution is 2.36. The molecule has 1 aromatic carbocycles. The lowest BCUT2D eigenvalue weighted by atomic mass is 9.85. The topological polar surface area (TPSA) is 38.5 Å². The summed E-state index contributed by atoms with van der Waals surface area (Å²) in [7, 11) is 0. The van der Waals surface area contributed by atoms with Gasteiger partial charge in [0, 0.05) is 31.4 Å². The zero-order valence-electron chi connectivity index (χ0n) is 12.7. The number of hydrogen-bond acceptors (Lipinski definition) is 3. The van der Waals surface area contributed by atoms with Crippen molar-refractivity contribution in [3.05, 3.63) is 29.3 Å². The fourth-order valence-electron chi connectivity index (χ4n) is 3.76. The predicted octanol–water partition coefficient (Wildman–Crippen LogP) is 3.32. The van der Waals surface area contributed by atoms with Gasteiger partial charge >= 0.3 is 0 Å². The standard InChI is InChI=1S/C17H26N2O/c1-3-17(4-2)10-16(7-8-20-17)19-11-13-5-6-15(18)9-14(13)12-19/h5-6,9,16H,3-4,7-8,10-12,18H2,1-2H3. The van der Waals surface area contributed by atoms with Gasteiger partial charge in [0.15, 0.2) is 0 Å². The van der Waals surface area contributed by atoms with Gasteiger partial charge in [0.2, 0.25) is 0 Å². The van der Waals surface area contributed by atoms with Gasteiger partial charge in [0.1, 0.15) is 0 Å². The van der Waals surface area contributed by atoms with Crippen molar-refractivity contribution in [3.8, 4) is 0 Å². The van der Waals surface area contributed by atoms with Crippen molar-refractivity contribution in [1.82, 2.24) is 4.90 Å². The molecule has 3 heteroatoms. The molecule has 0 saturated carbocycles. The molecule has 0 radical (unpaired) electrons. The number of nitrogens with two attached hydrogens (primary N) is 1. The van der Waals surface area contributed by atoms with Gasteiger partial charge in [-0.05, 0) is 48.9 Å². The molecule has 2 heterocycles. The summed E-state index contributed by atoms with van der Waals surface area (Å²) in [6.45, 7) is 7.54. The molecule has 1 fully saturated rings. The highest BCUT2D eigenvalue weighted by molar-refractivity contribution is 5.46. The molecule has 0 spiro atoms. The second kappa shape index (κ2) is 5.38. The van der Waals surface area contributed by atoms with E-state index in [1.165, 1.54) is 17.5 Å². The largest absolute Gasteiger partial charge is 0.399 e. The van der Waals surface area contributed by atoms with E-state index in [-0.39, 0.29) is 5.60 Å². The van der Waals surface area contributed by atoms with Crippen LogP contribution in [0.25, 0.3) is 0 Å². The van der Waals surface area contributed by atoms with E-state index in [4.69, 9.17) is 10.5 Å². The first-order valence-electron chi connectivity index (χ1n) is 7.91. The van der Waals surface area contributed by atoms with Gasteiger partial charge in [-0.25, -0.2) is 0 Å². The molecule has 110 valence electrons. The zero-order valence-corrected chi connectivity index (χ0v) is 12.7. The first-order valence-corrected chi connectivity index (χ1v) is 7.91. The molecule has 2 N–H and O–H groups in total. The van der Waals surface area contributed by atoms with Crippen LogP contribution in [0.3, 0.4) is 0 Å². The van der Waals surface area contributed by atoms with Crippen LogP contribution in [-0.4, -0.2) is 23.1 Å². The summed E-state index contributed by atoms with van der Waals surface area (Å²) in [6.07, 6.45) is 4.57. The summed E-state index contributed by atoms with van der Waals surface area (Å²) in [5, 5.41) is 0. The Bertz CT molecular complexity index is 482. The number of hydrogen-bond donors (Lipinski definition) is 1. The SMILES string of the molecule is CCC1(CC)CC(N2Cc3ccc(N)cc3C2)CCO1. The number of nitrogens with zero attached hydrogens (tertiary/aromatic N) is 1. The molecule has 1 atom stereocenters. The normalized spacial score (nSPS) is 25.6. The summed E-state index contributed by atoms with van der Waals surface area (Å²) in [5.41, 5.74) is 9.75. The zero-order chi connectivity index (χ0) is 14.2. The van der Waals surface area contributed by atoms with Gasteiger partial charge in [0.25, 0.3) is 0 Å². The van der Waals surface area contributed by atoms with E-state index >= 15 is 0 Å². The van der Waals surface area contributed by atoms with Crippen LogP contribution in [-0.2, 0) is 17.8 Å². The Labute approximate surface area is 122 Å². The summed E-state index contributed by atoms with van der Waals surface area (Å²) in [4.78, 5) is 2.62. The lowest BCUT2D eigenvalue weighted by Gasteiger charge is -2.43. The van der Waals surface area contributed by atoms with Crippen LogP contribution in [0.4, 0.5) is 5.69 Å². The lowest BCUT2D eigenvalue weighted by Crippen LogP contribution is -2.46. The first-order chi connectivity index (χ1) is 9.65. The highest BCUT2D eigenvalue weighted by Gasteiger charge is 2.38. The lowest BCUT2D eigenvalue weighted by molar-refractivity contribution is -0.111. The van der Waals surface area contributed by atoms with Crippen molar-refractivity contribution in [2.75, 3.05) is 12.3 Å². The number of ether oxygens (including phenoxy) is 1. The summed E-state index contributed by atoms with van der Waals surface area (Å²) in [6, 6.07) is 7.00. The van der Waals surface area contributed by atoms with Crippen LogP contribution in [0.15, 0.2) is 18.2 Å². The molecule has 1 unspecified atom stereocenters. The molecule has 0 aromatic heterocycles. The third kappa shape index (κ3) is 2.45. The van der Waals surface area contributed by atoms with Crippen molar-refractivity contribution in [3.63, 3.8) is 0 Å². The maximum atomic E-state index is 6.10. The van der Waals surface area contributed by atoms with Crippen molar-refractivity contribution in [1.29, 1.82) is 0 Å². The fraction of sp³-hybridized carbons (Fsp3) is 0.647. The van der Waals surface area contributed by atoms with Gasteiger partial charge in [-0.15, -0.1) is 0 Å². The van der Waals surface area contributed by atoms with E-state index in [0.717, 1.165) is 44.6 Å². The van der Waals surface area contributed by atoms with Crippen molar-refractivity contribution < 1.29 is 4.74 Å². The summed E-state index contributed by atoms with van der Waals surface area (Å²) in [5.74, 6) is 0. The van der Waals surface area contributed by atoms with Gasteiger partial charge in [-0.2, -0.15) is 0 Å². The molecule has 1 aromatic rings. The summed E-state index contributed by atoms with van der Waals surface area (Å²) < 4.78 is 6.10. The maximum absolute atomic E-state index is 6.10. The van der Waals surface area contributed by atoms with Gasteiger partial charge in [-0.3, -0.25) is 4.90 Å². The number of nitrogen functional groups attached to an aromatic ring is 1. The third-order valence-corrected chi connectivity index (χ3v) is 5.25. The molecule has 2 aliphatic heterocycles. The Morgan fingerprint density at radius 1 is 1.25 bits per heavy atom.